The van der Waals surface area contributed by atoms with Crippen LogP contribution in [0.5, 0.6) is 0 Å². The molecule has 39 heavy (non-hydrogen) atoms. The van der Waals surface area contributed by atoms with Crippen LogP contribution in [0.3, 0.4) is 0 Å². The zero-order valence-electron chi connectivity index (χ0n) is 22.3. The van der Waals surface area contributed by atoms with E-state index < -0.39 is 0 Å². The number of rotatable bonds is 10. The minimum atomic E-state index is -0.342. The van der Waals surface area contributed by atoms with Gasteiger partial charge in [0.15, 0.2) is 0 Å². The predicted molar refractivity (Wildman–Crippen MR) is 157 cm³/mol. The number of aromatic nitrogens is 2. The maximum Gasteiger partial charge on any atom is 0.307 e. The van der Waals surface area contributed by atoms with E-state index in [0.29, 0.717) is 35.5 Å². The SMILES string of the molecule is CCOC(=O)CCN(C(=O)c1ccc2c(c1)nc(CN(C)c1ccc(C(=N)N)cc1)n2C)c1ccccc1.Cl. The molecule has 1 heterocycles. The summed E-state index contributed by atoms with van der Waals surface area (Å²) in [5, 5.41) is 7.57. The van der Waals surface area contributed by atoms with Crippen LogP contribution in [0.15, 0.2) is 72.8 Å². The van der Waals surface area contributed by atoms with E-state index in [0.717, 1.165) is 17.0 Å². The van der Waals surface area contributed by atoms with Gasteiger partial charge in [-0.3, -0.25) is 15.0 Å². The number of ether oxygens (including phenoxy) is 1. The molecule has 0 unspecified atom stereocenters. The first-order valence-electron chi connectivity index (χ1n) is 12.4. The number of halogens is 1. The molecule has 1 aromatic heterocycles. The third-order valence-corrected chi connectivity index (χ3v) is 6.38. The zero-order chi connectivity index (χ0) is 27.2. The number of nitrogen functional groups attached to an aromatic ring is 1. The third kappa shape index (κ3) is 6.74. The number of nitrogens with zero attached hydrogens (tertiary/aromatic N) is 4. The smallest absolute Gasteiger partial charge is 0.307 e. The largest absolute Gasteiger partial charge is 0.466 e. The molecule has 4 rings (SSSR count). The number of nitrogens with one attached hydrogen (secondary N) is 1. The Morgan fingerprint density at radius 1 is 1.00 bits per heavy atom. The maximum atomic E-state index is 13.6. The minimum absolute atomic E-state index is 0. The molecule has 1 amide bonds. The molecule has 0 saturated heterocycles. The highest BCUT2D eigenvalue weighted by Crippen LogP contribution is 2.23. The number of carbonyl (C=O) groups excluding carboxylic acids is 2. The second-order valence-corrected chi connectivity index (χ2v) is 8.95. The summed E-state index contributed by atoms with van der Waals surface area (Å²) in [6, 6.07) is 22.3. The van der Waals surface area contributed by atoms with Gasteiger partial charge in [0, 0.05) is 43.1 Å². The Hall–Kier alpha value is -4.37. The number of anilines is 2. The number of esters is 1. The normalized spacial score (nSPS) is 10.5. The Labute approximate surface area is 234 Å². The lowest BCUT2D eigenvalue weighted by Crippen LogP contribution is -2.33. The summed E-state index contributed by atoms with van der Waals surface area (Å²) in [4.78, 5) is 34.1. The summed E-state index contributed by atoms with van der Waals surface area (Å²) in [6.45, 7) is 2.82. The summed E-state index contributed by atoms with van der Waals surface area (Å²) in [5.41, 5.74) is 10.0. The lowest BCUT2D eigenvalue weighted by Gasteiger charge is -2.22. The predicted octanol–water partition coefficient (Wildman–Crippen LogP) is 4.52. The van der Waals surface area contributed by atoms with Crippen molar-refractivity contribution in [2.24, 2.45) is 12.8 Å². The van der Waals surface area contributed by atoms with Crippen LogP contribution in [0.4, 0.5) is 11.4 Å². The molecule has 10 heteroatoms. The van der Waals surface area contributed by atoms with Gasteiger partial charge in [0.05, 0.1) is 30.6 Å². The van der Waals surface area contributed by atoms with Crippen LogP contribution < -0.4 is 15.5 Å². The van der Waals surface area contributed by atoms with E-state index in [1.807, 2.05) is 79.3 Å². The first-order chi connectivity index (χ1) is 18.3. The monoisotopic (exact) mass is 548 g/mol. The van der Waals surface area contributed by atoms with E-state index in [9.17, 15) is 9.59 Å². The van der Waals surface area contributed by atoms with Crippen LogP contribution in [0.1, 0.15) is 35.1 Å². The van der Waals surface area contributed by atoms with E-state index in [1.165, 1.54) is 0 Å². The van der Waals surface area contributed by atoms with Crippen molar-refractivity contribution < 1.29 is 14.3 Å². The second kappa shape index (κ2) is 12.9. The van der Waals surface area contributed by atoms with Crippen LogP contribution in [-0.4, -0.2) is 47.5 Å². The summed E-state index contributed by atoms with van der Waals surface area (Å²) >= 11 is 0. The lowest BCUT2D eigenvalue weighted by atomic mass is 10.1. The first kappa shape index (κ1) is 29.2. The lowest BCUT2D eigenvalue weighted by molar-refractivity contribution is -0.142. The van der Waals surface area contributed by atoms with Crippen molar-refractivity contribution in [3.63, 3.8) is 0 Å². The van der Waals surface area contributed by atoms with Gasteiger partial charge in [-0.2, -0.15) is 0 Å². The number of amides is 1. The Morgan fingerprint density at radius 3 is 2.31 bits per heavy atom. The van der Waals surface area contributed by atoms with Crippen molar-refractivity contribution in [3.05, 3.63) is 89.7 Å². The standard InChI is InChI=1S/C29H32N6O3.ClH/c1-4-38-27(36)16-17-35(23-8-6-5-7-9-23)29(37)21-12-15-25-24(18-21)32-26(34(25)3)19-33(2)22-13-10-20(11-14-22)28(30)31;/h5-15,18H,4,16-17,19H2,1-3H3,(H3,30,31);1H. The molecule has 204 valence electrons. The molecular formula is C29H33ClN6O3. The molecule has 0 bridgehead atoms. The molecule has 0 fully saturated rings. The molecule has 4 aromatic rings. The van der Waals surface area contributed by atoms with Crippen molar-refractivity contribution >= 4 is 52.5 Å². The summed E-state index contributed by atoms with van der Waals surface area (Å²) in [7, 11) is 3.92. The summed E-state index contributed by atoms with van der Waals surface area (Å²) in [6.07, 6.45) is 0.101. The van der Waals surface area contributed by atoms with Gasteiger partial charge in [0.2, 0.25) is 0 Å². The number of aryl methyl sites for hydroxylation is 1. The van der Waals surface area contributed by atoms with Crippen molar-refractivity contribution in [2.75, 3.05) is 30.0 Å². The van der Waals surface area contributed by atoms with Crippen LogP contribution >= 0.6 is 12.4 Å². The zero-order valence-corrected chi connectivity index (χ0v) is 23.1. The van der Waals surface area contributed by atoms with Gasteiger partial charge in [-0.05, 0) is 61.5 Å². The number of hydrogen-bond donors (Lipinski definition) is 2. The molecule has 3 aromatic carbocycles. The first-order valence-corrected chi connectivity index (χ1v) is 12.4. The maximum absolute atomic E-state index is 13.6. The van der Waals surface area contributed by atoms with Gasteiger partial charge in [0.25, 0.3) is 5.91 Å². The molecule has 3 N–H and O–H groups in total. The van der Waals surface area contributed by atoms with Gasteiger partial charge in [-0.25, -0.2) is 4.98 Å². The number of benzene rings is 3. The van der Waals surface area contributed by atoms with Gasteiger partial charge >= 0.3 is 5.97 Å². The van der Waals surface area contributed by atoms with E-state index in [4.69, 9.17) is 20.9 Å². The number of amidine groups is 1. The molecule has 0 aliphatic rings. The number of nitrogens with two attached hydrogens (primary N) is 1. The van der Waals surface area contributed by atoms with Crippen molar-refractivity contribution in [2.45, 2.75) is 19.9 Å². The summed E-state index contributed by atoms with van der Waals surface area (Å²) in [5.74, 6) is 0.319. The van der Waals surface area contributed by atoms with E-state index in [2.05, 4.69) is 4.90 Å². The van der Waals surface area contributed by atoms with Crippen molar-refractivity contribution in [3.8, 4) is 0 Å². The number of hydrogen-bond acceptors (Lipinski definition) is 6. The minimum Gasteiger partial charge on any atom is -0.466 e. The fourth-order valence-electron chi connectivity index (χ4n) is 4.27. The molecule has 0 radical (unpaired) electrons. The Balaban J connectivity index is 0.00000420. The van der Waals surface area contributed by atoms with Crippen molar-refractivity contribution in [1.29, 1.82) is 5.41 Å². The van der Waals surface area contributed by atoms with Gasteiger partial charge < -0.3 is 24.8 Å². The van der Waals surface area contributed by atoms with Gasteiger partial charge in [-0.15, -0.1) is 12.4 Å². The third-order valence-electron chi connectivity index (χ3n) is 6.38. The Morgan fingerprint density at radius 2 is 1.67 bits per heavy atom. The number of imidazole rings is 1. The van der Waals surface area contributed by atoms with E-state index in [1.54, 1.807) is 24.0 Å². The molecule has 9 nitrogen and oxygen atoms in total. The highest BCUT2D eigenvalue weighted by atomic mass is 35.5. The average molecular weight is 549 g/mol. The van der Waals surface area contributed by atoms with Crippen molar-refractivity contribution in [1.82, 2.24) is 9.55 Å². The second-order valence-electron chi connectivity index (χ2n) is 8.95. The molecule has 0 aliphatic heterocycles. The Kier molecular flexibility index (Phi) is 9.68. The topological polar surface area (TPSA) is 118 Å². The number of carbonyl (C=O) groups is 2. The fraction of sp³-hybridized carbons (Fsp3) is 0.241. The molecular weight excluding hydrogens is 516 g/mol. The fourth-order valence-corrected chi connectivity index (χ4v) is 4.27. The van der Waals surface area contributed by atoms with E-state index in [-0.39, 0.29) is 43.1 Å². The number of para-hydroxylation sites is 1. The average Bonchev–Trinajstić information content (AvgIpc) is 3.23. The number of fused-ring (bicyclic) bond motifs is 1. The summed E-state index contributed by atoms with van der Waals surface area (Å²) < 4.78 is 7.07. The molecule has 0 atom stereocenters. The van der Waals surface area contributed by atoms with Crippen LogP contribution in [0, 0.1) is 5.41 Å². The Bertz CT molecular complexity index is 1450. The van der Waals surface area contributed by atoms with Crippen LogP contribution in [-0.2, 0) is 23.1 Å². The molecule has 0 aliphatic carbocycles. The van der Waals surface area contributed by atoms with Gasteiger partial charge in [0.1, 0.15) is 11.7 Å². The quantitative estimate of drug-likeness (QED) is 0.171. The highest BCUT2D eigenvalue weighted by molar-refractivity contribution is 6.07. The highest BCUT2D eigenvalue weighted by Gasteiger charge is 2.21. The molecule has 0 saturated carbocycles. The molecule has 0 spiro atoms. The van der Waals surface area contributed by atoms with E-state index >= 15 is 0 Å². The van der Waals surface area contributed by atoms with Crippen LogP contribution in [0.25, 0.3) is 11.0 Å². The van der Waals surface area contributed by atoms with Crippen LogP contribution in [0.2, 0.25) is 0 Å². The van der Waals surface area contributed by atoms with Gasteiger partial charge in [-0.1, -0.05) is 18.2 Å².